The van der Waals surface area contributed by atoms with Crippen LogP contribution in [0, 0.1) is 6.92 Å². The van der Waals surface area contributed by atoms with Crippen LogP contribution in [0.3, 0.4) is 0 Å². The predicted molar refractivity (Wildman–Crippen MR) is 67.6 cm³/mol. The summed E-state index contributed by atoms with van der Waals surface area (Å²) in [5.74, 6) is 0.400. The van der Waals surface area contributed by atoms with E-state index in [9.17, 15) is 8.42 Å². The maximum atomic E-state index is 11.3. The van der Waals surface area contributed by atoms with Crippen LogP contribution in [-0.4, -0.2) is 31.5 Å². The Balaban J connectivity index is 2.39. The number of aryl methyl sites for hydroxylation is 1. The van der Waals surface area contributed by atoms with Crippen LogP contribution in [0.4, 0.5) is 0 Å². The molecule has 1 unspecified atom stereocenters. The maximum absolute atomic E-state index is 11.3. The third-order valence-electron chi connectivity index (χ3n) is 2.31. The Hall–Kier alpha value is -0.460. The number of hydrogen-bond donors (Lipinski definition) is 1. The first-order valence-electron chi connectivity index (χ1n) is 5.30. The Kier molecular flexibility index (Phi) is 4.89. The molecule has 92 valence electrons. The topological polar surface area (TPSA) is 59.1 Å². The normalized spacial score (nSPS) is 13.9. The lowest BCUT2D eigenvalue weighted by atomic mass is 10.3. The summed E-state index contributed by atoms with van der Waals surface area (Å²) >= 11 is 1.64. The third kappa shape index (κ3) is 4.19. The van der Waals surface area contributed by atoms with Crippen molar-refractivity contribution in [3.63, 3.8) is 0 Å². The smallest absolute Gasteiger partial charge is 0.151 e. The molecule has 0 aliphatic heterocycles. The SMILES string of the molecule is CCS(=O)(=O)CCNC(C)c1ncc(C)s1. The number of nitrogens with one attached hydrogen (secondary N) is 1. The van der Waals surface area contributed by atoms with Gasteiger partial charge < -0.3 is 5.32 Å². The predicted octanol–water partition coefficient (Wildman–Crippen LogP) is 1.54. The van der Waals surface area contributed by atoms with E-state index in [2.05, 4.69) is 10.3 Å². The van der Waals surface area contributed by atoms with E-state index in [0.29, 0.717) is 6.54 Å². The molecule has 0 spiro atoms. The minimum absolute atomic E-state index is 0.116. The van der Waals surface area contributed by atoms with E-state index in [0.717, 1.165) is 5.01 Å². The summed E-state index contributed by atoms with van der Waals surface area (Å²) in [5, 5.41) is 4.18. The fourth-order valence-electron chi connectivity index (χ4n) is 1.23. The van der Waals surface area contributed by atoms with Crippen molar-refractivity contribution in [1.82, 2.24) is 10.3 Å². The number of rotatable bonds is 6. The monoisotopic (exact) mass is 262 g/mol. The summed E-state index contributed by atoms with van der Waals surface area (Å²) in [6.07, 6.45) is 1.83. The number of hydrogen-bond acceptors (Lipinski definition) is 5. The van der Waals surface area contributed by atoms with Crippen LogP contribution in [0.1, 0.15) is 29.8 Å². The molecule has 1 heterocycles. The molecule has 4 nitrogen and oxygen atoms in total. The van der Waals surface area contributed by atoms with Gasteiger partial charge in [0.1, 0.15) is 5.01 Å². The first-order chi connectivity index (χ1) is 7.44. The minimum atomic E-state index is -2.87. The lowest BCUT2D eigenvalue weighted by molar-refractivity contribution is 0.571. The first kappa shape index (κ1) is 13.6. The van der Waals surface area contributed by atoms with Crippen molar-refractivity contribution in [2.75, 3.05) is 18.1 Å². The van der Waals surface area contributed by atoms with E-state index >= 15 is 0 Å². The molecule has 1 rings (SSSR count). The summed E-state index contributed by atoms with van der Waals surface area (Å²) in [4.78, 5) is 5.43. The zero-order valence-corrected chi connectivity index (χ0v) is 11.5. The van der Waals surface area contributed by atoms with Gasteiger partial charge in [0.25, 0.3) is 0 Å². The number of thiazole rings is 1. The molecule has 6 heteroatoms. The zero-order valence-electron chi connectivity index (χ0n) is 9.86. The summed E-state index contributed by atoms with van der Waals surface area (Å²) in [6.45, 7) is 6.16. The molecule has 0 bridgehead atoms. The third-order valence-corrected chi connectivity index (χ3v) is 5.11. The van der Waals surface area contributed by atoms with Gasteiger partial charge in [-0.3, -0.25) is 0 Å². The van der Waals surface area contributed by atoms with Gasteiger partial charge in [0, 0.05) is 23.4 Å². The van der Waals surface area contributed by atoms with Gasteiger partial charge in [-0.1, -0.05) is 6.92 Å². The largest absolute Gasteiger partial charge is 0.307 e. The highest BCUT2D eigenvalue weighted by atomic mass is 32.2. The number of aromatic nitrogens is 1. The Morgan fingerprint density at radius 3 is 2.75 bits per heavy atom. The standard InChI is InChI=1S/C10H18N2O2S2/c1-4-16(13,14)6-5-11-9(3)10-12-7-8(2)15-10/h7,9,11H,4-6H2,1-3H3. The van der Waals surface area contributed by atoms with E-state index in [4.69, 9.17) is 0 Å². The molecule has 1 aromatic rings. The van der Waals surface area contributed by atoms with Crippen LogP contribution in [-0.2, 0) is 9.84 Å². The van der Waals surface area contributed by atoms with Gasteiger partial charge in [0.15, 0.2) is 9.84 Å². The van der Waals surface area contributed by atoms with Crippen molar-refractivity contribution >= 4 is 21.2 Å². The molecular weight excluding hydrogens is 244 g/mol. The van der Waals surface area contributed by atoms with Crippen molar-refractivity contribution in [1.29, 1.82) is 0 Å². The quantitative estimate of drug-likeness (QED) is 0.845. The zero-order chi connectivity index (χ0) is 12.2. The Morgan fingerprint density at radius 2 is 2.25 bits per heavy atom. The number of nitrogens with zero attached hydrogens (tertiary/aromatic N) is 1. The van der Waals surface area contributed by atoms with E-state index < -0.39 is 9.84 Å². The second-order valence-electron chi connectivity index (χ2n) is 3.72. The average molecular weight is 262 g/mol. The van der Waals surface area contributed by atoms with Crippen LogP contribution in [0.2, 0.25) is 0 Å². The van der Waals surface area contributed by atoms with Crippen LogP contribution in [0.5, 0.6) is 0 Å². The highest BCUT2D eigenvalue weighted by Crippen LogP contribution is 2.18. The minimum Gasteiger partial charge on any atom is -0.307 e. The van der Waals surface area contributed by atoms with Gasteiger partial charge in [0.2, 0.25) is 0 Å². The van der Waals surface area contributed by atoms with Gasteiger partial charge in [-0.2, -0.15) is 0 Å². The molecule has 1 aromatic heterocycles. The Labute approximate surface area is 101 Å². The fraction of sp³-hybridized carbons (Fsp3) is 0.700. The molecule has 1 atom stereocenters. The molecular formula is C10H18N2O2S2. The highest BCUT2D eigenvalue weighted by Gasteiger charge is 2.11. The van der Waals surface area contributed by atoms with E-state index in [1.54, 1.807) is 18.3 Å². The molecule has 0 amide bonds. The molecule has 0 fully saturated rings. The summed E-state index contributed by atoms with van der Waals surface area (Å²) in [6, 6.07) is 0.116. The first-order valence-corrected chi connectivity index (χ1v) is 7.94. The molecule has 1 N–H and O–H groups in total. The van der Waals surface area contributed by atoms with Crippen molar-refractivity contribution in [3.8, 4) is 0 Å². The summed E-state index contributed by atoms with van der Waals surface area (Å²) in [7, 11) is -2.87. The van der Waals surface area contributed by atoms with E-state index in [1.165, 1.54) is 4.88 Å². The van der Waals surface area contributed by atoms with Crippen LogP contribution >= 0.6 is 11.3 Å². The fourth-order valence-corrected chi connectivity index (χ4v) is 2.75. The Bertz CT molecular complexity index is 426. The molecule has 16 heavy (non-hydrogen) atoms. The molecule has 0 aliphatic rings. The van der Waals surface area contributed by atoms with Gasteiger partial charge in [0.05, 0.1) is 11.8 Å². The Morgan fingerprint density at radius 1 is 1.56 bits per heavy atom. The van der Waals surface area contributed by atoms with Crippen LogP contribution in [0.25, 0.3) is 0 Å². The molecule has 0 aromatic carbocycles. The average Bonchev–Trinajstić information content (AvgIpc) is 2.64. The van der Waals surface area contributed by atoms with Crippen molar-refractivity contribution in [2.45, 2.75) is 26.8 Å². The van der Waals surface area contributed by atoms with Gasteiger partial charge >= 0.3 is 0 Å². The highest BCUT2D eigenvalue weighted by molar-refractivity contribution is 7.91. The van der Waals surface area contributed by atoms with Gasteiger partial charge in [-0.15, -0.1) is 11.3 Å². The van der Waals surface area contributed by atoms with E-state index in [-0.39, 0.29) is 17.5 Å². The van der Waals surface area contributed by atoms with Gasteiger partial charge in [-0.25, -0.2) is 13.4 Å². The van der Waals surface area contributed by atoms with Crippen molar-refractivity contribution in [2.24, 2.45) is 0 Å². The lowest BCUT2D eigenvalue weighted by Gasteiger charge is -2.10. The second-order valence-corrected chi connectivity index (χ2v) is 7.46. The maximum Gasteiger partial charge on any atom is 0.151 e. The molecule has 0 saturated carbocycles. The summed E-state index contributed by atoms with van der Waals surface area (Å²) in [5.41, 5.74) is 0. The van der Waals surface area contributed by atoms with Crippen LogP contribution in [0.15, 0.2) is 6.20 Å². The molecule has 0 radical (unpaired) electrons. The summed E-state index contributed by atoms with van der Waals surface area (Å²) < 4.78 is 22.5. The number of sulfone groups is 1. The lowest BCUT2D eigenvalue weighted by Crippen LogP contribution is -2.26. The van der Waals surface area contributed by atoms with Crippen molar-refractivity contribution < 1.29 is 8.42 Å². The van der Waals surface area contributed by atoms with Crippen LogP contribution < -0.4 is 5.32 Å². The second kappa shape index (κ2) is 5.75. The molecule has 0 saturated heterocycles. The van der Waals surface area contributed by atoms with Gasteiger partial charge in [-0.05, 0) is 13.8 Å². The molecule has 0 aliphatic carbocycles. The van der Waals surface area contributed by atoms with Crippen molar-refractivity contribution in [3.05, 3.63) is 16.1 Å². The van der Waals surface area contributed by atoms with E-state index in [1.807, 2.05) is 20.0 Å².